The second kappa shape index (κ2) is 5.01. The zero-order valence-corrected chi connectivity index (χ0v) is 10.1. The second-order valence-electron chi connectivity index (χ2n) is 4.12. The highest BCUT2D eigenvalue weighted by atomic mass is 16.5. The first-order chi connectivity index (χ1) is 8.19. The van der Waals surface area contributed by atoms with Gasteiger partial charge in [0.05, 0.1) is 17.5 Å². The van der Waals surface area contributed by atoms with E-state index in [0.717, 1.165) is 17.1 Å². The molecule has 4 nitrogen and oxygen atoms in total. The van der Waals surface area contributed by atoms with Crippen LogP contribution >= 0.6 is 0 Å². The van der Waals surface area contributed by atoms with Crippen LogP contribution in [-0.2, 0) is 6.54 Å². The lowest BCUT2D eigenvalue weighted by atomic mass is 10.3. The Morgan fingerprint density at radius 2 is 1.94 bits per heavy atom. The van der Waals surface area contributed by atoms with Gasteiger partial charge in [-0.15, -0.1) is 0 Å². The Kier molecular flexibility index (Phi) is 3.44. The van der Waals surface area contributed by atoms with Gasteiger partial charge in [-0.3, -0.25) is 0 Å². The summed E-state index contributed by atoms with van der Waals surface area (Å²) in [5.74, 6) is 0.870. The van der Waals surface area contributed by atoms with Crippen LogP contribution in [0.4, 0.5) is 0 Å². The highest BCUT2D eigenvalue weighted by Gasteiger charge is 2.01. The van der Waals surface area contributed by atoms with Crippen molar-refractivity contribution in [2.24, 2.45) is 5.73 Å². The Hall–Kier alpha value is -1.81. The fourth-order valence-electron chi connectivity index (χ4n) is 1.56. The van der Waals surface area contributed by atoms with Crippen LogP contribution in [0.5, 0.6) is 5.75 Å². The van der Waals surface area contributed by atoms with E-state index in [1.54, 1.807) is 4.68 Å². The standard InChI is InChI=1S/C13H17N3O/c1-10(2)17-13-5-3-12(4-6-13)16-8-7-11(9-14)15-16/h3-8,10H,9,14H2,1-2H3. The van der Waals surface area contributed by atoms with Crippen LogP contribution in [0.25, 0.3) is 5.69 Å². The van der Waals surface area contributed by atoms with E-state index >= 15 is 0 Å². The summed E-state index contributed by atoms with van der Waals surface area (Å²) in [7, 11) is 0. The molecular weight excluding hydrogens is 214 g/mol. The predicted molar refractivity (Wildman–Crippen MR) is 67.2 cm³/mol. The minimum absolute atomic E-state index is 0.189. The summed E-state index contributed by atoms with van der Waals surface area (Å²) in [6.07, 6.45) is 2.09. The third-order valence-electron chi connectivity index (χ3n) is 2.33. The van der Waals surface area contributed by atoms with E-state index in [9.17, 15) is 0 Å². The summed E-state index contributed by atoms with van der Waals surface area (Å²) in [6, 6.07) is 9.76. The number of nitrogens with zero attached hydrogens (tertiary/aromatic N) is 2. The largest absolute Gasteiger partial charge is 0.491 e. The quantitative estimate of drug-likeness (QED) is 0.876. The molecule has 0 saturated heterocycles. The molecule has 2 rings (SSSR count). The Balaban J connectivity index is 2.17. The summed E-state index contributed by atoms with van der Waals surface area (Å²) in [5.41, 5.74) is 7.41. The molecule has 0 amide bonds. The van der Waals surface area contributed by atoms with Crippen molar-refractivity contribution in [1.29, 1.82) is 0 Å². The van der Waals surface area contributed by atoms with Crippen LogP contribution in [0.1, 0.15) is 19.5 Å². The number of ether oxygens (including phenoxy) is 1. The van der Waals surface area contributed by atoms with E-state index in [0.29, 0.717) is 6.54 Å². The predicted octanol–water partition coefficient (Wildman–Crippen LogP) is 2.12. The molecule has 1 heterocycles. The van der Waals surface area contributed by atoms with Gasteiger partial charge >= 0.3 is 0 Å². The maximum absolute atomic E-state index is 5.58. The van der Waals surface area contributed by atoms with Gasteiger partial charge in [0, 0.05) is 12.7 Å². The van der Waals surface area contributed by atoms with E-state index in [4.69, 9.17) is 10.5 Å². The Morgan fingerprint density at radius 1 is 1.24 bits per heavy atom. The first-order valence-corrected chi connectivity index (χ1v) is 5.71. The van der Waals surface area contributed by atoms with Gasteiger partial charge < -0.3 is 10.5 Å². The third-order valence-corrected chi connectivity index (χ3v) is 2.33. The fourth-order valence-corrected chi connectivity index (χ4v) is 1.56. The number of hydrogen-bond donors (Lipinski definition) is 1. The lowest BCUT2D eigenvalue weighted by Crippen LogP contribution is -2.05. The minimum atomic E-state index is 0.189. The molecule has 1 aromatic heterocycles. The van der Waals surface area contributed by atoms with Crippen molar-refractivity contribution in [2.45, 2.75) is 26.5 Å². The molecule has 0 saturated carbocycles. The zero-order valence-electron chi connectivity index (χ0n) is 10.1. The summed E-state index contributed by atoms with van der Waals surface area (Å²) in [5, 5.41) is 4.34. The zero-order chi connectivity index (χ0) is 12.3. The monoisotopic (exact) mass is 231 g/mol. The van der Waals surface area contributed by atoms with Gasteiger partial charge in [0.2, 0.25) is 0 Å². The van der Waals surface area contributed by atoms with Gasteiger partial charge in [-0.05, 0) is 44.2 Å². The van der Waals surface area contributed by atoms with Crippen LogP contribution < -0.4 is 10.5 Å². The molecule has 0 bridgehead atoms. The Morgan fingerprint density at radius 3 is 2.47 bits per heavy atom. The molecule has 2 N–H and O–H groups in total. The lowest BCUT2D eigenvalue weighted by Gasteiger charge is -2.10. The van der Waals surface area contributed by atoms with Crippen molar-refractivity contribution in [3.8, 4) is 11.4 Å². The van der Waals surface area contributed by atoms with E-state index < -0.39 is 0 Å². The fraction of sp³-hybridized carbons (Fsp3) is 0.308. The highest BCUT2D eigenvalue weighted by molar-refractivity contribution is 5.37. The van der Waals surface area contributed by atoms with E-state index in [1.165, 1.54) is 0 Å². The molecular formula is C13H17N3O. The van der Waals surface area contributed by atoms with Crippen molar-refractivity contribution < 1.29 is 4.74 Å². The average molecular weight is 231 g/mol. The van der Waals surface area contributed by atoms with Gasteiger partial charge in [0.1, 0.15) is 5.75 Å². The molecule has 0 aliphatic carbocycles. The van der Waals surface area contributed by atoms with Gasteiger partial charge in [0.15, 0.2) is 0 Å². The summed E-state index contributed by atoms with van der Waals surface area (Å²) >= 11 is 0. The van der Waals surface area contributed by atoms with Crippen molar-refractivity contribution in [3.05, 3.63) is 42.2 Å². The average Bonchev–Trinajstić information content (AvgIpc) is 2.78. The number of hydrogen-bond acceptors (Lipinski definition) is 3. The van der Waals surface area contributed by atoms with Crippen LogP contribution in [0.2, 0.25) is 0 Å². The normalized spacial score (nSPS) is 10.8. The highest BCUT2D eigenvalue weighted by Crippen LogP contribution is 2.16. The molecule has 0 fully saturated rings. The third kappa shape index (κ3) is 2.85. The van der Waals surface area contributed by atoms with Gasteiger partial charge in [0.25, 0.3) is 0 Å². The molecule has 17 heavy (non-hydrogen) atoms. The van der Waals surface area contributed by atoms with Crippen molar-refractivity contribution in [1.82, 2.24) is 9.78 Å². The summed E-state index contributed by atoms with van der Waals surface area (Å²) in [4.78, 5) is 0. The summed E-state index contributed by atoms with van der Waals surface area (Å²) < 4.78 is 7.39. The lowest BCUT2D eigenvalue weighted by molar-refractivity contribution is 0.242. The number of nitrogens with two attached hydrogens (primary N) is 1. The molecule has 0 aliphatic heterocycles. The van der Waals surface area contributed by atoms with E-state index in [2.05, 4.69) is 5.10 Å². The topological polar surface area (TPSA) is 53.1 Å². The molecule has 0 unspecified atom stereocenters. The first-order valence-electron chi connectivity index (χ1n) is 5.71. The van der Waals surface area contributed by atoms with Crippen LogP contribution in [-0.4, -0.2) is 15.9 Å². The van der Waals surface area contributed by atoms with Crippen molar-refractivity contribution in [3.63, 3.8) is 0 Å². The first kappa shape index (κ1) is 11.7. The molecule has 2 aromatic rings. The SMILES string of the molecule is CC(C)Oc1ccc(-n2ccc(CN)n2)cc1. The van der Waals surface area contributed by atoms with E-state index in [1.807, 2.05) is 50.4 Å². The Labute approximate surface area is 101 Å². The Bertz CT molecular complexity index is 474. The second-order valence-corrected chi connectivity index (χ2v) is 4.12. The maximum Gasteiger partial charge on any atom is 0.119 e. The van der Waals surface area contributed by atoms with Crippen LogP contribution in [0.3, 0.4) is 0 Å². The van der Waals surface area contributed by atoms with E-state index in [-0.39, 0.29) is 6.10 Å². The molecule has 0 radical (unpaired) electrons. The molecule has 0 aliphatic rings. The minimum Gasteiger partial charge on any atom is -0.491 e. The van der Waals surface area contributed by atoms with Crippen molar-refractivity contribution in [2.75, 3.05) is 0 Å². The molecule has 0 atom stereocenters. The van der Waals surface area contributed by atoms with Crippen LogP contribution in [0.15, 0.2) is 36.5 Å². The number of aromatic nitrogens is 2. The van der Waals surface area contributed by atoms with Crippen molar-refractivity contribution >= 4 is 0 Å². The van der Waals surface area contributed by atoms with Crippen LogP contribution in [0, 0.1) is 0 Å². The molecule has 90 valence electrons. The van der Waals surface area contributed by atoms with Gasteiger partial charge in [-0.2, -0.15) is 5.10 Å². The number of benzene rings is 1. The number of rotatable bonds is 4. The van der Waals surface area contributed by atoms with Gasteiger partial charge in [-0.25, -0.2) is 4.68 Å². The molecule has 1 aromatic carbocycles. The summed E-state index contributed by atoms with van der Waals surface area (Å²) in [6.45, 7) is 4.48. The van der Waals surface area contributed by atoms with Gasteiger partial charge in [-0.1, -0.05) is 0 Å². The molecule has 4 heteroatoms. The maximum atomic E-state index is 5.58. The smallest absolute Gasteiger partial charge is 0.119 e. The molecule has 0 spiro atoms.